The summed E-state index contributed by atoms with van der Waals surface area (Å²) < 4.78 is 22.0. The van der Waals surface area contributed by atoms with Gasteiger partial charge in [0.15, 0.2) is 5.60 Å². The van der Waals surface area contributed by atoms with Crippen molar-refractivity contribution in [3.8, 4) is 0 Å². The molecule has 1 unspecified atom stereocenters. The monoisotopic (exact) mass is 292 g/mol. The summed E-state index contributed by atoms with van der Waals surface area (Å²) in [7, 11) is 1.33. The first-order valence-electron chi connectivity index (χ1n) is 7.14. The summed E-state index contributed by atoms with van der Waals surface area (Å²) in [5.41, 5.74) is -0.368. The van der Waals surface area contributed by atoms with Crippen molar-refractivity contribution in [3.05, 3.63) is 24.0 Å². The van der Waals surface area contributed by atoms with E-state index in [0.29, 0.717) is 12.0 Å². The molecule has 6 heteroatoms. The first kappa shape index (κ1) is 12.9. The van der Waals surface area contributed by atoms with Crippen molar-refractivity contribution < 1.29 is 28.5 Å². The van der Waals surface area contributed by atoms with Crippen LogP contribution in [0.3, 0.4) is 0 Å². The molecule has 0 aromatic heterocycles. The largest absolute Gasteiger partial charge is 0.471 e. The number of hydrogen-bond acceptors (Lipinski definition) is 6. The van der Waals surface area contributed by atoms with Crippen molar-refractivity contribution in [1.29, 1.82) is 0 Å². The number of carbonyl (C=O) groups excluding carboxylic acids is 2. The lowest BCUT2D eigenvalue weighted by molar-refractivity contribution is -0.162. The lowest BCUT2D eigenvalue weighted by Crippen LogP contribution is -2.43. The molecule has 3 aliphatic heterocycles. The molecule has 21 heavy (non-hydrogen) atoms. The van der Waals surface area contributed by atoms with E-state index in [9.17, 15) is 9.59 Å². The van der Waals surface area contributed by atoms with E-state index in [1.165, 1.54) is 13.4 Å². The van der Waals surface area contributed by atoms with Crippen LogP contribution in [-0.4, -0.2) is 37.0 Å². The van der Waals surface area contributed by atoms with Gasteiger partial charge in [0.05, 0.1) is 30.8 Å². The van der Waals surface area contributed by atoms with Gasteiger partial charge in [0.25, 0.3) is 0 Å². The number of methoxy groups -OCH3 is 1. The highest BCUT2D eigenvalue weighted by Crippen LogP contribution is 2.58. The summed E-state index contributed by atoms with van der Waals surface area (Å²) in [6, 6.07) is 0. The predicted octanol–water partition coefficient (Wildman–Crippen LogP) is 0.922. The van der Waals surface area contributed by atoms with Gasteiger partial charge in [-0.2, -0.15) is 0 Å². The van der Waals surface area contributed by atoms with Gasteiger partial charge in [0.2, 0.25) is 6.29 Å². The maximum atomic E-state index is 12.1. The molecule has 6 nitrogen and oxygen atoms in total. The lowest BCUT2D eigenvalue weighted by atomic mass is 9.77. The zero-order valence-electron chi connectivity index (χ0n) is 11.8. The standard InChI is InChI=1S/C15H16O6/c1-3-7-11-15(21-13(7)17)5-4-8-9(12(16)18-2)6-19-14(20-11)10(8)15/h4-8,10-11,14H,3H2,1-2H3/t7-,8+,10+,11?,14+,15-/m0/s1. The fourth-order valence-corrected chi connectivity index (χ4v) is 4.03. The van der Waals surface area contributed by atoms with E-state index in [1.54, 1.807) is 0 Å². The Labute approximate surface area is 121 Å². The average Bonchev–Trinajstić information content (AvgIpc) is 3.08. The highest BCUT2D eigenvalue weighted by molar-refractivity contribution is 5.90. The van der Waals surface area contributed by atoms with Gasteiger partial charge >= 0.3 is 11.9 Å². The molecular formula is C15H16O6. The smallest absolute Gasteiger partial charge is 0.337 e. The topological polar surface area (TPSA) is 71.1 Å². The zero-order valence-corrected chi connectivity index (χ0v) is 11.8. The van der Waals surface area contributed by atoms with Crippen molar-refractivity contribution in [2.24, 2.45) is 17.8 Å². The molecule has 0 aromatic rings. The fourth-order valence-electron chi connectivity index (χ4n) is 4.03. The number of rotatable bonds is 2. The summed E-state index contributed by atoms with van der Waals surface area (Å²) in [4.78, 5) is 23.9. The third kappa shape index (κ3) is 1.41. The van der Waals surface area contributed by atoms with E-state index in [1.807, 2.05) is 19.1 Å². The maximum Gasteiger partial charge on any atom is 0.337 e. The van der Waals surface area contributed by atoms with Gasteiger partial charge in [-0.1, -0.05) is 13.0 Å². The molecule has 0 bridgehead atoms. The van der Waals surface area contributed by atoms with Gasteiger partial charge in [-0.25, -0.2) is 4.79 Å². The van der Waals surface area contributed by atoms with Gasteiger partial charge in [-0.3, -0.25) is 4.79 Å². The van der Waals surface area contributed by atoms with E-state index < -0.39 is 17.9 Å². The van der Waals surface area contributed by atoms with Crippen LogP contribution in [0.1, 0.15) is 13.3 Å². The van der Waals surface area contributed by atoms with Gasteiger partial charge in [-0.15, -0.1) is 0 Å². The second-order valence-corrected chi connectivity index (χ2v) is 5.83. The molecular weight excluding hydrogens is 276 g/mol. The van der Waals surface area contributed by atoms with Crippen molar-refractivity contribution in [3.63, 3.8) is 0 Å². The summed E-state index contributed by atoms with van der Waals surface area (Å²) in [6.45, 7) is 1.94. The average molecular weight is 292 g/mol. The predicted molar refractivity (Wildman–Crippen MR) is 68.6 cm³/mol. The Bertz CT molecular complexity index is 579. The number of ether oxygens (including phenoxy) is 4. The molecule has 2 saturated heterocycles. The van der Waals surface area contributed by atoms with Gasteiger partial charge in [-0.05, 0) is 12.5 Å². The number of hydrogen-bond donors (Lipinski definition) is 0. The van der Waals surface area contributed by atoms with Crippen molar-refractivity contribution in [2.45, 2.75) is 31.3 Å². The number of carbonyl (C=O) groups is 2. The Balaban J connectivity index is 1.74. The molecule has 0 amide bonds. The van der Waals surface area contributed by atoms with Gasteiger partial charge in [0.1, 0.15) is 6.10 Å². The lowest BCUT2D eigenvalue weighted by Gasteiger charge is -2.32. The fraction of sp³-hybridized carbons (Fsp3) is 0.600. The third-order valence-corrected chi connectivity index (χ3v) is 4.99. The van der Waals surface area contributed by atoms with E-state index in [4.69, 9.17) is 18.9 Å². The van der Waals surface area contributed by atoms with Crippen molar-refractivity contribution in [1.82, 2.24) is 0 Å². The summed E-state index contributed by atoms with van der Waals surface area (Å²) in [5.74, 6) is -1.38. The molecule has 0 saturated carbocycles. The van der Waals surface area contributed by atoms with Crippen LogP contribution < -0.4 is 0 Å². The summed E-state index contributed by atoms with van der Waals surface area (Å²) in [6.07, 6.45) is 4.99. The molecule has 2 fully saturated rings. The Morgan fingerprint density at radius 1 is 1.48 bits per heavy atom. The highest BCUT2D eigenvalue weighted by Gasteiger charge is 2.71. The maximum absolute atomic E-state index is 12.1. The second kappa shape index (κ2) is 4.10. The molecule has 1 aliphatic carbocycles. The molecule has 4 rings (SSSR count). The minimum Gasteiger partial charge on any atom is -0.471 e. The molecule has 0 radical (unpaired) electrons. The molecule has 0 aromatic carbocycles. The summed E-state index contributed by atoms with van der Waals surface area (Å²) in [5, 5.41) is 0. The molecule has 3 heterocycles. The van der Waals surface area contributed by atoms with Crippen molar-refractivity contribution >= 4 is 11.9 Å². The molecule has 112 valence electrons. The van der Waals surface area contributed by atoms with E-state index in [2.05, 4.69) is 0 Å². The highest BCUT2D eigenvalue weighted by atomic mass is 16.7. The van der Waals surface area contributed by atoms with Crippen LogP contribution in [0, 0.1) is 17.8 Å². The third-order valence-electron chi connectivity index (χ3n) is 4.99. The van der Waals surface area contributed by atoms with Crippen LogP contribution in [-0.2, 0) is 28.5 Å². The van der Waals surface area contributed by atoms with Gasteiger partial charge in [0, 0.05) is 5.92 Å². The van der Waals surface area contributed by atoms with Gasteiger partial charge < -0.3 is 18.9 Å². The molecule has 4 aliphatic rings. The van der Waals surface area contributed by atoms with Crippen LogP contribution in [0.2, 0.25) is 0 Å². The minimum absolute atomic E-state index is 0.204. The first-order valence-corrected chi connectivity index (χ1v) is 7.14. The first-order chi connectivity index (χ1) is 10.1. The van der Waals surface area contributed by atoms with E-state index in [0.717, 1.165) is 0 Å². The van der Waals surface area contributed by atoms with Crippen molar-refractivity contribution in [2.75, 3.05) is 7.11 Å². The molecule has 0 N–H and O–H groups in total. The Hall–Kier alpha value is -1.82. The Morgan fingerprint density at radius 3 is 3.00 bits per heavy atom. The molecule has 1 spiro atoms. The Morgan fingerprint density at radius 2 is 2.29 bits per heavy atom. The SMILES string of the molecule is CC[C@@H]1C(=O)O[C@]23C=C[C@@H]4C(C(=O)OC)=CO[C@H](OC12)[C@@H]43. The molecule has 6 atom stereocenters. The minimum atomic E-state index is -0.805. The second-order valence-electron chi connectivity index (χ2n) is 5.83. The van der Waals surface area contributed by atoms with E-state index in [-0.39, 0.29) is 29.8 Å². The quantitative estimate of drug-likeness (QED) is 0.557. The summed E-state index contributed by atoms with van der Waals surface area (Å²) >= 11 is 0. The number of allylic oxidation sites excluding steroid dienone is 1. The van der Waals surface area contributed by atoms with Crippen LogP contribution in [0.25, 0.3) is 0 Å². The van der Waals surface area contributed by atoms with Crippen LogP contribution >= 0.6 is 0 Å². The van der Waals surface area contributed by atoms with E-state index >= 15 is 0 Å². The Kier molecular flexibility index (Phi) is 2.52. The number of esters is 2. The van der Waals surface area contributed by atoms with Crippen LogP contribution in [0.15, 0.2) is 24.0 Å². The van der Waals surface area contributed by atoms with Crippen LogP contribution in [0.4, 0.5) is 0 Å². The zero-order chi connectivity index (χ0) is 14.8. The normalized spacial score (nSPS) is 45.5. The van der Waals surface area contributed by atoms with Crippen LogP contribution in [0.5, 0.6) is 0 Å².